The van der Waals surface area contributed by atoms with Gasteiger partial charge < -0.3 is 29.5 Å². The van der Waals surface area contributed by atoms with Gasteiger partial charge in [-0.1, -0.05) is 175 Å². The molecule has 0 spiro atoms. The summed E-state index contributed by atoms with van der Waals surface area (Å²) in [6.07, 6.45) is 23.8. The monoisotopic (exact) mass is 729 g/mol. The minimum atomic E-state index is -1.75. The van der Waals surface area contributed by atoms with E-state index in [1.54, 1.807) is 0 Å². The molecule has 4 atom stereocenters. The highest BCUT2D eigenvalue weighted by Crippen LogP contribution is 2.19. The van der Waals surface area contributed by atoms with Crippen molar-refractivity contribution < 1.29 is 43.9 Å². The summed E-state index contributed by atoms with van der Waals surface area (Å²) >= 11 is 0. The predicted octanol–water partition coefficient (Wildman–Crippen LogP) is 9.83. The predicted molar refractivity (Wildman–Crippen MR) is 205 cm³/mol. The van der Waals surface area contributed by atoms with Crippen LogP contribution in [0.2, 0.25) is 0 Å². The molecular formula is C42H80O9. The van der Waals surface area contributed by atoms with E-state index in [1.165, 1.54) is 96.3 Å². The molecule has 51 heavy (non-hydrogen) atoms. The number of unbranched alkanes of at least 4 members (excludes halogenated alkanes) is 24. The minimum Gasteiger partial charge on any atom is -0.462 e. The lowest BCUT2D eigenvalue weighted by molar-refractivity contribution is -0.193. The van der Waals surface area contributed by atoms with Gasteiger partial charge in [0.2, 0.25) is 0 Å². The third kappa shape index (κ3) is 30.5. The molecule has 0 radical (unpaired) electrons. The van der Waals surface area contributed by atoms with Crippen LogP contribution in [0.4, 0.5) is 0 Å². The molecule has 0 aliphatic heterocycles. The Bertz CT molecular complexity index is 805. The number of carbonyl (C=O) groups is 3. The zero-order valence-corrected chi connectivity index (χ0v) is 33.2. The van der Waals surface area contributed by atoms with E-state index < -0.39 is 55.5 Å². The molecule has 0 amide bonds. The molecule has 0 rings (SSSR count). The fourth-order valence-electron chi connectivity index (χ4n) is 6.31. The smallest absolute Gasteiger partial charge is 0.306 e. The molecule has 0 fully saturated rings. The molecule has 0 aliphatic rings. The Balaban J connectivity index is 5.17. The van der Waals surface area contributed by atoms with Crippen molar-refractivity contribution in [1.82, 2.24) is 0 Å². The summed E-state index contributed by atoms with van der Waals surface area (Å²) in [4.78, 5) is 38.6. The molecule has 0 aromatic carbocycles. The Morgan fingerprint density at radius 2 is 0.765 bits per heavy atom. The van der Waals surface area contributed by atoms with E-state index in [4.69, 9.17) is 14.2 Å². The third-order valence-electron chi connectivity index (χ3n) is 9.70. The number of aliphatic hydroxyl groups is 3. The van der Waals surface area contributed by atoms with Crippen molar-refractivity contribution in [2.24, 2.45) is 0 Å². The van der Waals surface area contributed by atoms with E-state index >= 15 is 0 Å². The summed E-state index contributed by atoms with van der Waals surface area (Å²) < 4.78 is 16.8. The van der Waals surface area contributed by atoms with E-state index in [-0.39, 0.29) is 19.3 Å². The molecule has 302 valence electrons. The zero-order valence-electron chi connectivity index (χ0n) is 33.2. The molecule has 0 aromatic rings. The molecule has 0 heterocycles. The molecular weight excluding hydrogens is 648 g/mol. The van der Waals surface area contributed by atoms with E-state index in [0.717, 1.165) is 57.8 Å². The Morgan fingerprint density at radius 1 is 0.451 bits per heavy atom. The minimum absolute atomic E-state index is 0.103. The van der Waals surface area contributed by atoms with Crippen LogP contribution in [0.15, 0.2) is 0 Å². The maximum Gasteiger partial charge on any atom is 0.306 e. The van der Waals surface area contributed by atoms with Crippen LogP contribution in [0.3, 0.4) is 0 Å². The van der Waals surface area contributed by atoms with Crippen molar-refractivity contribution in [3.05, 3.63) is 0 Å². The molecule has 0 saturated carbocycles. The van der Waals surface area contributed by atoms with Crippen molar-refractivity contribution in [3.8, 4) is 0 Å². The average molecular weight is 729 g/mol. The standard InChI is InChI=1S/C42H80O9/c1-4-7-10-13-16-19-22-25-28-31-38(45)49-35-37(50-39(46)32-29-26-23-20-17-14-11-8-5-2)42(41(48)36(44)34-43)51-40(47)33-30-27-24-21-18-15-12-9-6-3/h36-37,41-44,48H,4-35H2,1-3H3/t36-,37+,41-,42-/m1/s1. The number of carbonyl (C=O) groups excluding carboxylic acids is 3. The van der Waals surface area contributed by atoms with Gasteiger partial charge in [0.1, 0.15) is 18.8 Å². The maximum absolute atomic E-state index is 13.0. The van der Waals surface area contributed by atoms with Crippen LogP contribution >= 0.6 is 0 Å². The number of aliphatic hydroxyl groups excluding tert-OH is 3. The van der Waals surface area contributed by atoms with E-state index in [0.29, 0.717) is 19.3 Å². The van der Waals surface area contributed by atoms with Crippen LogP contribution in [0.1, 0.15) is 213 Å². The summed E-state index contributed by atoms with van der Waals surface area (Å²) in [5.74, 6) is -1.62. The molecule has 9 nitrogen and oxygen atoms in total. The second kappa shape index (κ2) is 36.6. The molecule has 0 aromatic heterocycles. The summed E-state index contributed by atoms with van der Waals surface area (Å²) in [6, 6.07) is 0. The largest absolute Gasteiger partial charge is 0.462 e. The van der Waals surface area contributed by atoms with Crippen LogP contribution in [0.5, 0.6) is 0 Å². The summed E-state index contributed by atoms with van der Waals surface area (Å²) in [6.45, 7) is 5.39. The molecule has 0 bridgehead atoms. The van der Waals surface area contributed by atoms with E-state index in [1.807, 2.05) is 0 Å². The summed E-state index contributed by atoms with van der Waals surface area (Å²) in [7, 11) is 0. The average Bonchev–Trinajstić information content (AvgIpc) is 3.12. The van der Waals surface area contributed by atoms with E-state index in [2.05, 4.69) is 20.8 Å². The molecule has 9 heteroatoms. The molecule has 3 N–H and O–H groups in total. The Morgan fingerprint density at radius 3 is 1.12 bits per heavy atom. The topological polar surface area (TPSA) is 140 Å². The van der Waals surface area contributed by atoms with Crippen molar-refractivity contribution in [3.63, 3.8) is 0 Å². The summed E-state index contributed by atoms with van der Waals surface area (Å²) in [5, 5.41) is 30.8. The van der Waals surface area contributed by atoms with Gasteiger partial charge in [0, 0.05) is 19.3 Å². The van der Waals surface area contributed by atoms with Crippen molar-refractivity contribution in [1.29, 1.82) is 0 Å². The summed E-state index contributed by atoms with van der Waals surface area (Å²) in [5.41, 5.74) is 0. The first-order valence-corrected chi connectivity index (χ1v) is 21.3. The second-order valence-corrected chi connectivity index (χ2v) is 14.6. The van der Waals surface area contributed by atoms with Gasteiger partial charge >= 0.3 is 17.9 Å². The van der Waals surface area contributed by atoms with Gasteiger partial charge in [-0.15, -0.1) is 0 Å². The maximum atomic E-state index is 13.0. The number of esters is 3. The lowest BCUT2D eigenvalue weighted by Crippen LogP contribution is -2.51. The fraction of sp³-hybridized carbons (Fsp3) is 0.929. The fourth-order valence-corrected chi connectivity index (χ4v) is 6.31. The number of hydrogen-bond acceptors (Lipinski definition) is 9. The van der Waals surface area contributed by atoms with Gasteiger partial charge in [-0.2, -0.15) is 0 Å². The number of hydrogen-bond donors (Lipinski definition) is 3. The van der Waals surface area contributed by atoms with Gasteiger partial charge in [0.15, 0.2) is 12.2 Å². The van der Waals surface area contributed by atoms with Crippen molar-refractivity contribution in [2.45, 2.75) is 238 Å². The van der Waals surface area contributed by atoms with Gasteiger partial charge in [-0.05, 0) is 19.3 Å². The third-order valence-corrected chi connectivity index (χ3v) is 9.70. The molecule has 0 unspecified atom stereocenters. The highest BCUT2D eigenvalue weighted by molar-refractivity contribution is 5.71. The van der Waals surface area contributed by atoms with Gasteiger partial charge in [0.05, 0.1) is 6.61 Å². The quantitative estimate of drug-likeness (QED) is 0.0322. The van der Waals surface area contributed by atoms with Gasteiger partial charge in [-0.25, -0.2) is 0 Å². The van der Waals surface area contributed by atoms with Crippen LogP contribution in [0, 0.1) is 0 Å². The van der Waals surface area contributed by atoms with Crippen molar-refractivity contribution >= 4 is 17.9 Å². The lowest BCUT2D eigenvalue weighted by Gasteiger charge is -2.31. The first-order chi connectivity index (χ1) is 24.8. The second-order valence-electron chi connectivity index (χ2n) is 14.6. The van der Waals surface area contributed by atoms with Crippen LogP contribution in [-0.4, -0.2) is 70.9 Å². The zero-order chi connectivity index (χ0) is 37.8. The SMILES string of the molecule is CCCCCCCCCCCC(=O)OC[C@H](OC(=O)CCCCCCCCCCC)[C@@H](OC(=O)CCCCCCCCCCC)[C@H](O)[C@H](O)CO. The van der Waals surface area contributed by atoms with Gasteiger partial charge in [0.25, 0.3) is 0 Å². The van der Waals surface area contributed by atoms with Crippen LogP contribution in [0.25, 0.3) is 0 Å². The van der Waals surface area contributed by atoms with E-state index in [9.17, 15) is 29.7 Å². The highest BCUT2D eigenvalue weighted by Gasteiger charge is 2.39. The van der Waals surface area contributed by atoms with Crippen LogP contribution in [-0.2, 0) is 28.6 Å². The number of ether oxygens (including phenoxy) is 3. The number of rotatable bonds is 38. The molecule has 0 saturated heterocycles. The van der Waals surface area contributed by atoms with Crippen molar-refractivity contribution in [2.75, 3.05) is 13.2 Å². The van der Waals surface area contributed by atoms with Gasteiger partial charge in [-0.3, -0.25) is 14.4 Å². The lowest BCUT2D eigenvalue weighted by atomic mass is 10.0. The Kier molecular flexibility index (Phi) is 35.4. The molecule has 0 aliphatic carbocycles. The Labute approximate surface area is 312 Å². The normalized spacial score (nSPS) is 13.8. The first-order valence-electron chi connectivity index (χ1n) is 21.3. The highest BCUT2D eigenvalue weighted by atomic mass is 16.6. The van der Waals surface area contributed by atoms with Crippen LogP contribution < -0.4 is 0 Å². The Hall–Kier alpha value is -1.71. The first kappa shape index (κ1) is 49.3.